The predicted molar refractivity (Wildman–Crippen MR) is 74.6 cm³/mol. The molecule has 1 fully saturated rings. The van der Waals surface area contributed by atoms with Crippen LogP contribution in [0.25, 0.3) is 0 Å². The Morgan fingerprint density at radius 2 is 2.10 bits per heavy atom. The molecule has 3 N–H and O–H groups in total. The summed E-state index contributed by atoms with van der Waals surface area (Å²) in [5, 5.41) is 11.3. The second-order valence-electron chi connectivity index (χ2n) is 5.39. The molecule has 0 amide bonds. The Morgan fingerprint density at radius 1 is 1.43 bits per heavy atom. The third-order valence-electron chi connectivity index (χ3n) is 3.89. The second-order valence-corrected chi connectivity index (χ2v) is 5.39. The maximum atomic E-state index is 13.1. The Bertz CT molecular complexity index is 539. The minimum atomic E-state index is -4.56. The van der Waals surface area contributed by atoms with Crippen molar-refractivity contribution in [1.82, 2.24) is 0 Å². The molecule has 2 rings (SSSR count). The van der Waals surface area contributed by atoms with E-state index in [9.17, 15) is 13.2 Å². The van der Waals surface area contributed by atoms with Crippen molar-refractivity contribution in [2.75, 3.05) is 18.5 Å². The fourth-order valence-corrected chi connectivity index (χ4v) is 2.45. The van der Waals surface area contributed by atoms with Crippen molar-refractivity contribution in [2.45, 2.75) is 25.4 Å². The lowest BCUT2D eigenvalue weighted by molar-refractivity contribution is -0.137. The van der Waals surface area contributed by atoms with Gasteiger partial charge in [0.15, 0.2) is 5.84 Å². The summed E-state index contributed by atoms with van der Waals surface area (Å²) in [7, 11) is 1.77. The van der Waals surface area contributed by atoms with Gasteiger partial charge < -0.3 is 15.8 Å². The van der Waals surface area contributed by atoms with Crippen LogP contribution in [0.5, 0.6) is 0 Å². The highest BCUT2D eigenvalue weighted by Gasteiger charge is 2.35. The molecule has 0 aliphatic heterocycles. The summed E-state index contributed by atoms with van der Waals surface area (Å²) >= 11 is 0. The summed E-state index contributed by atoms with van der Waals surface area (Å²) < 4.78 is 39.4. The highest BCUT2D eigenvalue weighted by Crippen LogP contribution is 2.35. The van der Waals surface area contributed by atoms with E-state index in [4.69, 9.17) is 10.9 Å². The van der Waals surface area contributed by atoms with Gasteiger partial charge in [0, 0.05) is 24.8 Å². The molecule has 1 aliphatic carbocycles. The van der Waals surface area contributed by atoms with Gasteiger partial charge in [-0.1, -0.05) is 11.6 Å². The monoisotopic (exact) mass is 301 g/mol. The Balaban J connectivity index is 2.32. The lowest BCUT2D eigenvalue weighted by atomic mass is 9.85. The average molecular weight is 301 g/mol. The molecule has 21 heavy (non-hydrogen) atoms. The van der Waals surface area contributed by atoms with E-state index in [1.165, 1.54) is 12.5 Å². The smallest absolute Gasteiger partial charge is 0.409 e. The molecule has 1 aromatic rings. The zero-order chi connectivity index (χ0) is 15.6. The van der Waals surface area contributed by atoms with Crippen LogP contribution in [0.15, 0.2) is 23.4 Å². The van der Waals surface area contributed by atoms with Gasteiger partial charge in [-0.05, 0) is 37.0 Å². The first-order valence-electron chi connectivity index (χ1n) is 6.73. The van der Waals surface area contributed by atoms with Gasteiger partial charge in [-0.3, -0.25) is 0 Å². The molecule has 0 atom stereocenters. The van der Waals surface area contributed by atoms with Crippen molar-refractivity contribution in [2.24, 2.45) is 16.8 Å². The van der Waals surface area contributed by atoms with Gasteiger partial charge in [0.05, 0.1) is 5.56 Å². The van der Waals surface area contributed by atoms with Crippen molar-refractivity contribution < 1.29 is 18.4 Å². The first kappa shape index (κ1) is 15.5. The average Bonchev–Trinajstić information content (AvgIpc) is 2.40. The Labute approximate surface area is 121 Å². The number of amidine groups is 1. The van der Waals surface area contributed by atoms with Crippen LogP contribution < -0.4 is 10.6 Å². The van der Waals surface area contributed by atoms with Crippen LogP contribution in [0.2, 0.25) is 0 Å². The van der Waals surface area contributed by atoms with E-state index in [-0.39, 0.29) is 5.56 Å². The van der Waals surface area contributed by atoms with Gasteiger partial charge in [0.25, 0.3) is 0 Å². The Morgan fingerprint density at radius 3 is 2.57 bits per heavy atom. The summed E-state index contributed by atoms with van der Waals surface area (Å²) in [6, 6.07) is 3.85. The number of anilines is 1. The maximum absolute atomic E-state index is 13.1. The minimum Gasteiger partial charge on any atom is -0.409 e. The fourth-order valence-electron chi connectivity index (χ4n) is 2.45. The van der Waals surface area contributed by atoms with Gasteiger partial charge in [0.2, 0.25) is 0 Å². The number of oxime groups is 1. The molecule has 0 bridgehead atoms. The van der Waals surface area contributed by atoms with Crippen molar-refractivity contribution >= 4 is 11.5 Å². The molecule has 7 heteroatoms. The van der Waals surface area contributed by atoms with Gasteiger partial charge in [-0.2, -0.15) is 13.2 Å². The number of halogens is 3. The van der Waals surface area contributed by atoms with Crippen molar-refractivity contribution in [3.05, 3.63) is 29.3 Å². The molecular formula is C14H18F3N3O. The van der Waals surface area contributed by atoms with E-state index in [1.54, 1.807) is 13.1 Å². The first-order valence-corrected chi connectivity index (χ1v) is 6.73. The number of nitrogens with two attached hydrogens (primary N) is 1. The summed E-state index contributed by atoms with van der Waals surface area (Å²) in [6.07, 6.45) is -1.12. The Kier molecular flexibility index (Phi) is 4.29. The zero-order valence-electron chi connectivity index (χ0n) is 11.7. The van der Waals surface area contributed by atoms with Gasteiger partial charge in [0.1, 0.15) is 0 Å². The van der Waals surface area contributed by atoms with Crippen LogP contribution in [0.1, 0.15) is 30.4 Å². The number of rotatable bonds is 4. The van der Waals surface area contributed by atoms with Crippen LogP contribution in [0.4, 0.5) is 18.9 Å². The van der Waals surface area contributed by atoms with Crippen LogP contribution in [0.3, 0.4) is 0 Å². The molecule has 0 heterocycles. The van der Waals surface area contributed by atoms with E-state index in [2.05, 4.69) is 5.16 Å². The molecule has 0 spiro atoms. The van der Waals surface area contributed by atoms with Crippen molar-refractivity contribution in [3.63, 3.8) is 0 Å². The standard InChI is InChI=1S/C14H18F3N3O/c1-20(8-9-3-2-4-9)10-5-6-11(13(18)19-21)12(7-10)14(15,16)17/h5-7,9,21H,2-4,8H2,1H3,(H2,18,19). The summed E-state index contributed by atoms with van der Waals surface area (Å²) in [5.41, 5.74) is 4.58. The lowest BCUT2D eigenvalue weighted by Gasteiger charge is -2.31. The maximum Gasteiger partial charge on any atom is 0.417 e. The van der Waals surface area contributed by atoms with Gasteiger partial charge in [-0.25, -0.2) is 0 Å². The predicted octanol–water partition coefficient (Wildman–Crippen LogP) is 3.04. The van der Waals surface area contributed by atoms with Crippen LogP contribution in [0, 0.1) is 5.92 Å². The van der Waals surface area contributed by atoms with Gasteiger partial charge >= 0.3 is 6.18 Å². The van der Waals surface area contributed by atoms with Crippen molar-refractivity contribution in [1.29, 1.82) is 0 Å². The van der Waals surface area contributed by atoms with E-state index in [1.807, 2.05) is 4.90 Å². The van der Waals surface area contributed by atoms with Crippen LogP contribution in [-0.2, 0) is 6.18 Å². The van der Waals surface area contributed by atoms with Crippen molar-refractivity contribution in [3.8, 4) is 0 Å². The van der Waals surface area contributed by atoms with E-state index in [0.29, 0.717) is 11.6 Å². The van der Waals surface area contributed by atoms with E-state index >= 15 is 0 Å². The second kappa shape index (κ2) is 5.83. The highest BCUT2D eigenvalue weighted by atomic mass is 19.4. The van der Waals surface area contributed by atoms with Gasteiger partial charge in [-0.15, -0.1) is 0 Å². The minimum absolute atomic E-state index is 0.314. The molecule has 1 aromatic carbocycles. The summed E-state index contributed by atoms with van der Waals surface area (Å²) in [4.78, 5) is 1.81. The molecule has 0 unspecified atom stereocenters. The molecule has 4 nitrogen and oxygen atoms in total. The number of benzene rings is 1. The number of alkyl halides is 3. The molecular weight excluding hydrogens is 283 g/mol. The number of hydrogen-bond donors (Lipinski definition) is 2. The molecule has 1 aliphatic rings. The summed E-state index contributed by atoms with van der Waals surface area (Å²) in [5.74, 6) is 0.00334. The lowest BCUT2D eigenvalue weighted by Crippen LogP contribution is -2.29. The quantitative estimate of drug-likeness (QED) is 0.389. The summed E-state index contributed by atoms with van der Waals surface area (Å²) in [6.45, 7) is 0.736. The first-order chi connectivity index (χ1) is 9.82. The fraction of sp³-hybridized carbons (Fsp3) is 0.500. The molecule has 0 aromatic heterocycles. The normalized spacial score (nSPS) is 16.7. The number of hydrogen-bond acceptors (Lipinski definition) is 3. The molecule has 0 saturated heterocycles. The Hall–Kier alpha value is -1.92. The largest absolute Gasteiger partial charge is 0.417 e. The molecule has 116 valence electrons. The zero-order valence-corrected chi connectivity index (χ0v) is 11.7. The number of nitrogens with zero attached hydrogens (tertiary/aromatic N) is 2. The SMILES string of the molecule is CN(CC1CCC1)c1ccc(C(N)=NO)c(C(F)(F)F)c1. The highest BCUT2D eigenvalue weighted by molar-refractivity contribution is 5.99. The molecule has 0 radical (unpaired) electrons. The van der Waals surface area contributed by atoms with E-state index in [0.717, 1.165) is 25.5 Å². The third-order valence-corrected chi connectivity index (χ3v) is 3.89. The van der Waals surface area contributed by atoms with Crippen LogP contribution in [-0.4, -0.2) is 24.6 Å². The third kappa shape index (κ3) is 3.40. The topological polar surface area (TPSA) is 61.8 Å². The van der Waals surface area contributed by atoms with Crippen LogP contribution >= 0.6 is 0 Å². The molecule has 1 saturated carbocycles. The van der Waals surface area contributed by atoms with E-state index < -0.39 is 17.6 Å².